The first-order chi connectivity index (χ1) is 9.06. The molecule has 1 unspecified atom stereocenters. The molecule has 0 bridgehead atoms. The smallest absolute Gasteiger partial charge is 0.255 e. The van der Waals surface area contributed by atoms with E-state index in [9.17, 15) is 14.4 Å². The lowest BCUT2D eigenvalue weighted by Gasteiger charge is -2.24. The molecule has 1 atom stereocenters. The molecule has 1 aromatic carbocycles. The van der Waals surface area contributed by atoms with E-state index in [4.69, 9.17) is 5.73 Å². The maximum absolute atomic E-state index is 12.4. The molecule has 0 saturated heterocycles. The van der Waals surface area contributed by atoms with Crippen LogP contribution in [0, 0.1) is 6.92 Å². The van der Waals surface area contributed by atoms with Crippen LogP contribution in [0.3, 0.4) is 0 Å². The third-order valence-electron chi connectivity index (χ3n) is 3.44. The summed E-state index contributed by atoms with van der Waals surface area (Å²) < 4.78 is 0. The van der Waals surface area contributed by atoms with Crippen LogP contribution in [0.25, 0.3) is 0 Å². The minimum absolute atomic E-state index is 0.178. The zero-order chi connectivity index (χ0) is 14.0. The summed E-state index contributed by atoms with van der Waals surface area (Å²) in [4.78, 5) is 35.7. The highest BCUT2D eigenvalue weighted by Crippen LogP contribution is 2.28. The second-order valence-corrected chi connectivity index (χ2v) is 4.70. The van der Waals surface area contributed by atoms with Crippen LogP contribution >= 0.6 is 0 Å². The molecule has 0 aliphatic carbocycles. The average molecular weight is 260 g/mol. The van der Waals surface area contributed by atoms with Gasteiger partial charge in [0.05, 0.1) is 0 Å². The zero-order valence-corrected chi connectivity index (χ0v) is 10.8. The number of amides is 2. The monoisotopic (exact) mass is 260 g/mol. The van der Waals surface area contributed by atoms with Crippen LogP contribution in [-0.4, -0.2) is 29.0 Å². The third kappa shape index (κ3) is 2.36. The lowest BCUT2D eigenvalue weighted by Crippen LogP contribution is -2.45. The summed E-state index contributed by atoms with van der Waals surface area (Å²) in [6.07, 6.45) is 1.22. The van der Waals surface area contributed by atoms with Crippen molar-refractivity contribution in [3.05, 3.63) is 34.9 Å². The zero-order valence-electron chi connectivity index (χ0n) is 10.8. The van der Waals surface area contributed by atoms with E-state index >= 15 is 0 Å². The van der Waals surface area contributed by atoms with E-state index < -0.39 is 11.9 Å². The van der Waals surface area contributed by atoms with Crippen molar-refractivity contribution in [3.63, 3.8) is 0 Å². The number of fused-ring (bicyclic) bond motifs is 1. The van der Waals surface area contributed by atoms with Gasteiger partial charge in [-0.2, -0.15) is 0 Å². The molecule has 5 heteroatoms. The van der Waals surface area contributed by atoms with Gasteiger partial charge in [-0.25, -0.2) is 0 Å². The van der Waals surface area contributed by atoms with Crippen LogP contribution in [-0.2, 0) is 16.1 Å². The summed E-state index contributed by atoms with van der Waals surface area (Å²) in [7, 11) is 0. The Bertz CT molecular complexity index is 539. The fourth-order valence-electron chi connectivity index (χ4n) is 2.49. The molecule has 100 valence electrons. The van der Waals surface area contributed by atoms with Crippen molar-refractivity contribution in [2.75, 3.05) is 0 Å². The summed E-state index contributed by atoms with van der Waals surface area (Å²) in [6, 6.07) is 4.91. The van der Waals surface area contributed by atoms with Crippen LogP contribution in [0.2, 0.25) is 0 Å². The van der Waals surface area contributed by atoms with Gasteiger partial charge in [-0.05, 0) is 24.5 Å². The first kappa shape index (κ1) is 13.3. The lowest BCUT2D eigenvalue weighted by molar-refractivity contribution is -0.122. The molecule has 1 aromatic rings. The molecule has 0 aromatic heterocycles. The number of nitrogens with zero attached hydrogens (tertiary/aromatic N) is 1. The molecule has 0 saturated carbocycles. The SMILES string of the molecule is Cc1cccc2c1C(=O)N(C(CCC=O)C(N)=O)C2. The standard InChI is InChI=1S/C14H16N2O3/c1-9-4-2-5-10-8-16(14(19)12(9)10)11(13(15)18)6-3-7-17/h2,4-5,7,11H,3,6,8H2,1H3,(H2,15,18). The Morgan fingerprint density at radius 1 is 1.53 bits per heavy atom. The highest BCUT2D eigenvalue weighted by molar-refractivity contribution is 6.02. The van der Waals surface area contributed by atoms with Gasteiger partial charge in [0.25, 0.3) is 5.91 Å². The van der Waals surface area contributed by atoms with E-state index in [0.717, 1.165) is 17.4 Å². The molecule has 0 fully saturated rings. The predicted octanol–water partition coefficient (Wildman–Crippen LogP) is 0.784. The molecule has 2 N–H and O–H groups in total. The molecule has 0 radical (unpaired) electrons. The van der Waals surface area contributed by atoms with Crippen LogP contribution in [0.4, 0.5) is 0 Å². The Morgan fingerprint density at radius 2 is 2.26 bits per heavy atom. The predicted molar refractivity (Wildman–Crippen MR) is 69.3 cm³/mol. The van der Waals surface area contributed by atoms with Gasteiger partial charge < -0.3 is 15.4 Å². The minimum atomic E-state index is -0.718. The van der Waals surface area contributed by atoms with Crippen molar-refractivity contribution in [1.82, 2.24) is 4.90 Å². The highest BCUT2D eigenvalue weighted by atomic mass is 16.2. The average Bonchev–Trinajstić information content (AvgIpc) is 2.68. The molecule has 2 amide bonds. The van der Waals surface area contributed by atoms with E-state index in [-0.39, 0.29) is 18.7 Å². The van der Waals surface area contributed by atoms with Crippen LogP contribution in [0.15, 0.2) is 18.2 Å². The Morgan fingerprint density at radius 3 is 2.84 bits per heavy atom. The number of aryl methyl sites for hydroxylation is 1. The quantitative estimate of drug-likeness (QED) is 0.794. The minimum Gasteiger partial charge on any atom is -0.368 e. The van der Waals surface area contributed by atoms with Crippen molar-refractivity contribution in [3.8, 4) is 0 Å². The van der Waals surface area contributed by atoms with Gasteiger partial charge in [0.1, 0.15) is 12.3 Å². The molecular weight excluding hydrogens is 244 g/mol. The Kier molecular flexibility index (Phi) is 3.64. The molecule has 19 heavy (non-hydrogen) atoms. The van der Waals surface area contributed by atoms with Gasteiger partial charge in [0, 0.05) is 18.5 Å². The maximum Gasteiger partial charge on any atom is 0.255 e. The number of hydrogen-bond acceptors (Lipinski definition) is 3. The Hall–Kier alpha value is -2.17. The van der Waals surface area contributed by atoms with E-state index in [1.54, 1.807) is 0 Å². The molecule has 5 nitrogen and oxygen atoms in total. The second-order valence-electron chi connectivity index (χ2n) is 4.70. The van der Waals surface area contributed by atoms with Gasteiger partial charge >= 0.3 is 0 Å². The molecule has 1 aliphatic rings. The van der Waals surface area contributed by atoms with Gasteiger partial charge in [-0.15, -0.1) is 0 Å². The number of aldehydes is 1. The van der Waals surface area contributed by atoms with E-state index in [1.165, 1.54) is 4.90 Å². The number of rotatable bonds is 5. The number of hydrogen-bond donors (Lipinski definition) is 1. The Balaban J connectivity index is 2.29. The van der Waals surface area contributed by atoms with Crippen molar-refractivity contribution in [2.24, 2.45) is 5.73 Å². The van der Waals surface area contributed by atoms with Crippen LogP contribution in [0.5, 0.6) is 0 Å². The van der Waals surface area contributed by atoms with Crippen molar-refractivity contribution in [2.45, 2.75) is 32.4 Å². The van der Waals surface area contributed by atoms with Crippen LogP contribution < -0.4 is 5.73 Å². The maximum atomic E-state index is 12.4. The van der Waals surface area contributed by atoms with E-state index in [0.29, 0.717) is 12.1 Å². The topological polar surface area (TPSA) is 80.5 Å². The highest BCUT2D eigenvalue weighted by Gasteiger charge is 2.35. The molecule has 1 heterocycles. The molecule has 0 spiro atoms. The number of carbonyl (C=O) groups excluding carboxylic acids is 3. The summed E-state index contributed by atoms with van der Waals surface area (Å²) in [6.45, 7) is 2.24. The van der Waals surface area contributed by atoms with Gasteiger partial charge in [-0.3, -0.25) is 9.59 Å². The van der Waals surface area contributed by atoms with E-state index in [1.807, 2.05) is 25.1 Å². The number of carbonyl (C=O) groups is 3. The molecule has 1 aliphatic heterocycles. The van der Waals surface area contributed by atoms with Crippen LogP contribution in [0.1, 0.15) is 34.3 Å². The van der Waals surface area contributed by atoms with Gasteiger partial charge in [0.15, 0.2) is 0 Å². The second kappa shape index (κ2) is 5.22. The fraction of sp³-hybridized carbons (Fsp3) is 0.357. The normalized spacial score (nSPS) is 15.2. The van der Waals surface area contributed by atoms with Crippen molar-refractivity contribution in [1.29, 1.82) is 0 Å². The molecular formula is C14H16N2O3. The summed E-state index contributed by atoms with van der Waals surface area (Å²) in [5.41, 5.74) is 7.79. The summed E-state index contributed by atoms with van der Waals surface area (Å²) in [5.74, 6) is -0.747. The number of primary amides is 1. The number of benzene rings is 1. The largest absolute Gasteiger partial charge is 0.368 e. The summed E-state index contributed by atoms with van der Waals surface area (Å²) >= 11 is 0. The van der Waals surface area contributed by atoms with Gasteiger partial charge in [0.2, 0.25) is 5.91 Å². The third-order valence-corrected chi connectivity index (χ3v) is 3.44. The first-order valence-electron chi connectivity index (χ1n) is 6.18. The number of nitrogens with two attached hydrogens (primary N) is 1. The van der Waals surface area contributed by atoms with E-state index in [2.05, 4.69) is 0 Å². The first-order valence-corrected chi connectivity index (χ1v) is 6.18. The Labute approximate surface area is 111 Å². The summed E-state index contributed by atoms with van der Waals surface area (Å²) in [5, 5.41) is 0. The lowest BCUT2D eigenvalue weighted by atomic mass is 10.0. The van der Waals surface area contributed by atoms with Gasteiger partial charge in [-0.1, -0.05) is 18.2 Å². The fourth-order valence-corrected chi connectivity index (χ4v) is 2.49. The molecule has 2 rings (SSSR count). The van der Waals surface area contributed by atoms with Crippen molar-refractivity contribution >= 4 is 18.1 Å². The van der Waals surface area contributed by atoms with Crippen molar-refractivity contribution < 1.29 is 14.4 Å².